The summed E-state index contributed by atoms with van der Waals surface area (Å²) in [6.07, 6.45) is 1.29. The Morgan fingerprint density at radius 3 is 2.74 bits per heavy atom. The summed E-state index contributed by atoms with van der Waals surface area (Å²) in [4.78, 5) is 15.8. The van der Waals surface area contributed by atoms with Gasteiger partial charge in [-0.05, 0) is 49.4 Å². The van der Waals surface area contributed by atoms with Crippen LogP contribution in [0.1, 0.15) is 36.8 Å². The predicted molar refractivity (Wildman–Crippen MR) is 119 cm³/mol. The minimum Gasteiger partial charge on any atom is -0.392 e. The van der Waals surface area contributed by atoms with E-state index in [2.05, 4.69) is 5.32 Å². The van der Waals surface area contributed by atoms with Crippen LogP contribution in [0.25, 0.3) is 0 Å². The Morgan fingerprint density at radius 1 is 1.32 bits per heavy atom. The van der Waals surface area contributed by atoms with Crippen molar-refractivity contribution >= 4 is 34.8 Å². The summed E-state index contributed by atoms with van der Waals surface area (Å²) in [6, 6.07) is 8.78. The van der Waals surface area contributed by atoms with Gasteiger partial charge in [-0.15, -0.1) is 0 Å². The lowest BCUT2D eigenvalue weighted by Crippen LogP contribution is -2.55. The zero-order valence-corrected chi connectivity index (χ0v) is 18.5. The molecule has 8 heteroatoms. The number of nitrogens with zero attached hydrogens (tertiary/aromatic N) is 1. The van der Waals surface area contributed by atoms with Crippen LogP contribution in [0.5, 0.6) is 0 Å². The van der Waals surface area contributed by atoms with Gasteiger partial charge in [0.2, 0.25) is 5.91 Å². The molecular formula is C23H24Cl2FN3O2. The van der Waals surface area contributed by atoms with E-state index in [1.165, 1.54) is 6.07 Å². The lowest BCUT2D eigenvalue weighted by Gasteiger charge is -2.40. The number of aliphatic hydroxyl groups excluding tert-OH is 1. The fourth-order valence-corrected chi connectivity index (χ4v) is 5.96. The molecule has 164 valence electrons. The topological polar surface area (TPSA) is 78.6 Å². The Balaban J connectivity index is 1.80. The van der Waals surface area contributed by atoms with E-state index < -0.39 is 35.5 Å². The highest BCUT2D eigenvalue weighted by Gasteiger charge is 2.67. The van der Waals surface area contributed by atoms with Gasteiger partial charge in [-0.3, -0.25) is 9.69 Å². The van der Waals surface area contributed by atoms with Gasteiger partial charge in [-0.2, -0.15) is 0 Å². The number of amides is 1. The van der Waals surface area contributed by atoms with Crippen molar-refractivity contribution in [1.82, 2.24) is 4.90 Å². The highest BCUT2D eigenvalue weighted by molar-refractivity contribution is 6.31. The number of anilines is 1. The van der Waals surface area contributed by atoms with Crippen LogP contribution in [0.2, 0.25) is 10.0 Å². The smallest absolute Gasteiger partial charge is 0.250 e. The van der Waals surface area contributed by atoms with Crippen molar-refractivity contribution in [3.8, 4) is 0 Å². The number of halogens is 3. The quantitative estimate of drug-likeness (QED) is 0.642. The van der Waals surface area contributed by atoms with E-state index >= 15 is 4.39 Å². The second-order valence-electron chi connectivity index (χ2n) is 8.94. The molecule has 2 aromatic rings. The molecule has 1 aliphatic carbocycles. The van der Waals surface area contributed by atoms with Gasteiger partial charge in [-0.1, -0.05) is 41.4 Å². The third-order valence-electron chi connectivity index (χ3n) is 6.99. The minimum absolute atomic E-state index is 0.0242. The van der Waals surface area contributed by atoms with Crippen LogP contribution in [-0.2, 0) is 10.3 Å². The van der Waals surface area contributed by atoms with Crippen LogP contribution in [0.3, 0.4) is 0 Å². The van der Waals surface area contributed by atoms with Gasteiger partial charge in [0.1, 0.15) is 11.4 Å². The van der Waals surface area contributed by atoms with Crippen molar-refractivity contribution in [2.45, 2.75) is 49.4 Å². The SMILES string of the molecule is C[C@H](O)C1[C@@H](N)[C@H](c2cccc(Cl)c2F)[C@]2(C(=O)Nc3cc(Cl)ccc32)N1CC1CC1. The van der Waals surface area contributed by atoms with Crippen LogP contribution in [0.15, 0.2) is 36.4 Å². The molecular weight excluding hydrogens is 440 g/mol. The zero-order chi connectivity index (χ0) is 22.1. The average Bonchev–Trinajstić information content (AvgIpc) is 3.42. The third-order valence-corrected chi connectivity index (χ3v) is 7.52. The summed E-state index contributed by atoms with van der Waals surface area (Å²) in [5.74, 6) is -1.20. The molecule has 0 bridgehead atoms. The number of aliphatic hydroxyl groups is 1. The van der Waals surface area contributed by atoms with Crippen LogP contribution < -0.4 is 11.1 Å². The molecule has 5 nitrogen and oxygen atoms in total. The van der Waals surface area contributed by atoms with Gasteiger partial charge >= 0.3 is 0 Å². The highest BCUT2D eigenvalue weighted by atomic mass is 35.5. The summed E-state index contributed by atoms with van der Waals surface area (Å²) >= 11 is 12.3. The highest BCUT2D eigenvalue weighted by Crippen LogP contribution is 2.58. The second-order valence-corrected chi connectivity index (χ2v) is 9.78. The third kappa shape index (κ3) is 3.04. The first-order valence-corrected chi connectivity index (χ1v) is 11.3. The van der Waals surface area contributed by atoms with Crippen LogP contribution in [0.4, 0.5) is 10.1 Å². The maximum Gasteiger partial charge on any atom is 0.250 e. The number of rotatable bonds is 4. The number of nitrogens with one attached hydrogen (secondary N) is 1. The monoisotopic (exact) mass is 463 g/mol. The normalized spacial score (nSPS) is 31.2. The van der Waals surface area contributed by atoms with E-state index in [0.717, 1.165) is 12.8 Å². The van der Waals surface area contributed by atoms with Crippen LogP contribution >= 0.6 is 23.2 Å². The molecule has 1 amide bonds. The summed E-state index contributed by atoms with van der Waals surface area (Å²) in [6.45, 7) is 2.27. The van der Waals surface area contributed by atoms with Crippen LogP contribution in [-0.4, -0.2) is 40.6 Å². The first-order valence-electron chi connectivity index (χ1n) is 10.5. The minimum atomic E-state index is -1.27. The van der Waals surface area contributed by atoms with Gasteiger partial charge in [-0.25, -0.2) is 4.39 Å². The number of carbonyl (C=O) groups excluding carboxylic acids is 1. The molecule has 5 rings (SSSR count). The predicted octanol–water partition coefficient (Wildman–Crippen LogP) is 3.87. The maximum atomic E-state index is 15.3. The van der Waals surface area contributed by atoms with Gasteiger partial charge < -0.3 is 16.2 Å². The van der Waals surface area contributed by atoms with Crippen molar-refractivity contribution in [2.75, 3.05) is 11.9 Å². The summed E-state index contributed by atoms with van der Waals surface area (Å²) in [5, 5.41) is 14.2. The van der Waals surface area contributed by atoms with Gasteiger partial charge in [0.05, 0.1) is 17.2 Å². The summed E-state index contributed by atoms with van der Waals surface area (Å²) < 4.78 is 15.3. The number of fused-ring (bicyclic) bond motifs is 2. The second kappa shape index (κ2) is 7.42. The van der Waals surface area contributed by atoms with Crippen molar-refractivity contribution in [1.29, 1.82) is 0 Å². The average molecular weight is 464 g/mol. The molecule has 0 aromatic heterocycles. The van der Waals surface area contributed by atoms with E-state index in [0.29, 0.717) is 28.7 Å². The Bertz CT molecular complexity index is 1060. The molecule has 2 aromatic carbocycles. The molecule has 4 N–H and O–H groups in total. The molecule has 2 fully saturated rings. The van der Waals surface area contributed by atoms with E-state index in [1.807, 2.05) is 11.0 Å². The largest absolute Gasteiger partial charge is 0.392 e. The van der Waals surface area contributed by atoms with Gasteiger partial charge in [0.25, 0.3) is 0 Å². The number of hydrogen-bond donors (Lipinski definition) is 3. The lowest BCUT2D eigenvalue weighted by molar-refractivity contribution is -0.128. The first kappa shape index (κ1) is 21.2. The van der Waals surface area contributed by atoms with Crippen LogP contribution in [0, 0.1) is 11.7 Å². The Labute approximate surface area is 190 Å². The van der Waals surface area contributed by atoms with Crippen molar-refractivity contribution in [3.63, 3.8) is 0 Å². The summed E-state index contributed by atoms with van der Waals surface area (Å²) in [7, 11) is 0. The van der Waals surface area contributed by atoms with E-state index in [-0.39, 0.29) is 16.5 Å². The molecule has 5 atom stereocenters. The molecule has 1 spiro atoms. The molecule has 2 heterocycles. The Morgan fingerprint density at radius 2 is 2.06 bits per heavy atom. The number of nitrogens with two attached hydrogens (primary N) is 1. The molecule has 3 aliphatic rings. The maximum absolute atomic E-state index is 15.3. The molecule has 1 saturated heterocycles. The number of likely N-dealkylation sites (tertiary alicyclic amines) is 1. The Kier molecular flexibility index (Phi) is 5.07. The lowest BCUT2D eigenvalue weighted by atomic mass is 9.73. The van der Waals surface area contributed by atoms with E-state index in [4.69, 9.17) is 28.9 Å². The van der Waals surface area contributed by atoms with Crippen molar-refractivity contribution in [3.05, 3.63) is 63.4 Å². The number of carbonyl (C=O) groups is 1. The van der Waals surface area contributed by atoms with Gasteiger partial charge in [0.15, 0.2) is 0 Å². The summed E-state index contributed by atoms with van der Waals surface area (Å²) in [5.41, 5.74) is 7.05. The fourth-order valence-electron chi connectivity index (χ4n) is 5.60. The molecule has 0 radical (unpaired) electrons. The molecule has 1 unspecified atom stereocenters. The first-order chi connectivity index (χ1) is 14.8. The van der Waals surface area contributed by atoms with Crippen molar-refractivity contribution < 1.29 is 14.3 Å². The Hall–Kier alpha value is -1.70. The van der Waals surface area contributed by atoms with E-state index in [9.17, 15) is 9.90 Å². The number of benzene rings is 2. The fraction of sp³-hybridized carbons (Fsp3) is 0.435. The molecule has 1 saturated carbocycles. The zero-order valence-electron chi connectivity index (χ0n) is 17.0. The van der Waals surface area contributed by atoms with Crippen molar-refractivity contribution in [2.24, 2.45) is 11.7 Å². The number of hydrogen-bond acceptors (Lipinski definition) is 4. The standard InChI is InChI=1S/C23H24Cl2FN3O2/c1-11(30)21-20(27)18(14-3-2-4-16(25)19(14)26)23(29(21)10-12-5-6-12)15-8-7-13(24)9-17(15)28-22(23)31/h2-4,7-9,11-12,18,20-21,30H,5-6,10,27H2,1H3,(H,28,31)/t11-,18-,20-,21?,23+/m0/s1. The van der Waals surface area contributed by atoms with Gasteiger partial charge in [0, 0.05) is 34.8 Å². The molecule has 31 heavy (non-hydrogen) atoms. The van der Waals surface area contributed by atoms with E-state index in [1.54, 1.807) is 31.2 Å². The molecule has 2 aliphatic heterocycles.